The van der Waals surface area contributed by atoms with E-state index in [1.807, 2.05) is 62.4 Å². The molecular weight excluding hydrogens is 526 g/mol. The summed E-state index contributed by atoms with van der Waals surface area (Å²) < 4.78 is 10.9. The van der Waals surface area contributed by atoms with Gasteiger partial charge in [0.25, 0.3) is 5.91 Å². The number of likely N-dealkylation sites (N-methyl/N-ethyl adjacent to an activating group) is 1. The number of nitrogens with zero attached hydrogens (tertiary/aromatic N) is 3. The topological polar surface area (TPSA) is 87.6 Å². The van der Waals surface area contributed by atoms with Gasteiger partial charge in [-0.25, -0.2) is 0 Å². The number of anilines is 1. The summed E-state index contributed by atoms with van der Waals surface area (Å²) in [7, 11) is 5.35. The molecule has 2 aromatic carbocycles. The number of amides is 1. The zero-order valence-corrected chi connectivity index (χ0v) is 25.4. The zero-order valence-electron chi connectivity index (χ0n) is 25.4. The van der Waals surface area contributed by atoms with Gasteiger partial charge in [0, 0.05) is 38.7 Å². The number of aliphatic imine (C=N–C) groups is 2. The Labute approximate surface area is 250 Å². The van der Waals surface area contributed by atoms with E-state index in [0.717, 1.165) is 41.3 Å². The third kappa shape index (κ3) is 9.23. The molecular formula is C34H43N5O3. The second-order valence-corrected chi connectivity index (χ2v) is 9.80. The Hall–Kier alpha value is -4.59. The highest BCUT2D eigenvalue weighted by Crippen LogP contribution is 2.22. The van der Waals surface area contributed by atoms with Crippen molar-refractivity contribution >= 4 is 24.1 Å². The van der Waals surface area contributed by atoms with E-state index in [2.05, 4.69) is 52.6 Å². The van der Waals surface area contributed by atoms with Crippen LogP contribution in [0.4, 0.5) is 5.69 Å². The Kier molecular flexibility index (Phi) is 12.6. The van der Waals surface area contributed by atoms with E-state index < -0.39 is 0 Å². The Balaban J connectivity index is 1.94. The fraction of sp³-hybridized carbons (Fsp3) is 0.324. The minimum atomic E-state index is -0.194. The van der Waals surface area contributed by atoms with Gasteiger partial charge in [-0.1, -0.05) is 44.2 Å². The second-order valence-electron chi connectivity index (χ2n) is 9.80. The van der Waals surface area contributed by atoms with Crippen LogP contribution in [-0.4, -0.2) is 57.7 Å². The Bertz CT molecular complexity index is 1360. The molecule has 1 aliphatic heterocycles. The van der Waals surface area contributed by atoms with Crippen molar-refractivity contribution in [3.8, 4) is 5.75 Å². The number of para-hydroxylation sites is 1. The van der Waals surface area contributed by atoms with Crippen LogP contribution >= 0.6 is 0 Å². The first kappa shape index (κ1) is 31.9. The van der Waals surface area contributed by atoms with Gasteiger partial charge >= 0.3 is 0 Å². The smallest absolute Gasteiger partial charge is 0.253 e. The third-order valence-electron chi connectivity index (χ3n) is 6.87. The summed E-state index contributed by atoms with van der Waals surface area (Å²) in [6.07, 6.45) is 10.4. The summed E-state index contributed by atoms with van der Waals surface area (Å²) >= 11 is 0. The Morgan fingerprint density at radius 2 is 1.86 bits per heavy atom. The lowest BCUT2D eigenvalue weighted by Gasteiger charge is -2.20. The molecule has 0 saturated heterocycles. The monoisotopic (exact) mass is 569 g/mol. The maximum atomic E-state index is 13.4. The van der Waals surface area contributed by atoms with Crippen LogP contribution in [0.1, 0.15) is 49.0 Å². The lowest BCUT2D eigenvalue weighted by atomic mass is 10.1. The molecule has 8 nitrogen and oxygen atoms in total. The summed E-state index contributed by atoms with van der Waals surface area (Å²) in [6.45, 7) is 9.69. The van der Waals surface area contributed by atoms with Gasteiger partial charge in [-0.05, 0) is 73.3 Å². The van der Waals surface area contributed by atoms with Crippen LogP contribution in [0.3, 0.4) is 0 Å². The van der Waals surface area contributed by atoms with E-state index in [4.69, 9.17) is 14.5 Å². The molecule has 0 saturated carbocycles. The van der Waals surface area contributed by atoms with Crippen LogP contribution in [0.5, 0.6) is 5.75 Å². The first-order chi connectivity index (χ1) is 20.4. The number of allylic oxidation sites excluding steroid dienone is 4. The van der Waals surface area contributed by atoms with Crippen LogP contribution in [0.25, 0.3) is 0 Å². The third-order valence-corrected chi connectivity index (χ3v) is 6.87. The van der Waals surface area contributed by atoms with Crippen molar-refractivity contribution in [1.82, 2.24) is 10.2 Å². The molecule has 1 heterocycles. The van der Waals surface area contributed by atoms with Gasteiger partial charge in [0.1, 0.15) is 11.6 Å². The van der Waals surface area contributed by atoms with Crippen molar-refractivity contribution in [1.29, 1.82) is 0 Å². The van der Waals surface area contributed by atoms with Gasteiger partial charge in [0.15, 0.2) is 0 Å². The van der Waals surface area contributed by atoms with Crippen molar-refractivity contribution in [2.45, 2.75) is 39.7 Å². The number of amidine groups is 1. The average Bonchev–Trinajstić information content (AvgIpc) is 3.02. The highest BCUT2D eigenvalue weighted by molar-refractivity contribution is 6.13. The van der Waals surface area contributed by atoms with Gasteiger partial charge < -0.3 is 25.0 Å². The van der Waals surface area contributed by atoms with Crippen molar-refractivity contribution < 1.29 is 14.3 Å². The molecule has 0 bridgehead atoms. The largest absolute Gasteiger partial charge is 0.501 e. The maximum Gasteiger partial charge on any atom is 0.253 e. The van der Waals surface area contributed by atoms with Crippen molar-refractivity contribution in [2.75, 3.05) is 39.7 Å². The van der Waals surface area contributed by atoms with Gasteiger partial charge in [0.2, 0.25) is 0 Å². The Morgan fingerprint density at radius 3 is 2.50 bits per heavy atom. The maximum absolute atomic E-state index is 13.4. The molecule has 2 aromatic rings. The molecule has 0 aromatic heterocycles. The molecule has 0 radical (unpaired) electrons. The molecule has 2 N–H and O–H groups in total. The molecule has 1 amide bonds. The molecule has 0 spiro atoms. The molecule has 0 fully saturated rings. The van der Waals surface area contributed by atoms with Gasteiger partial charge in [-0.15, -0.1) is 0 Å². The van der Waals surface area contributed by atoms with Gasteiger partial charge in [-0.3, -0.25) is 14.8 Å². The number of hydrogen-bond acceptors (Lipinski definition) is 6. The highest BCUT2D eigenvalue weighted by atomic mass is 16.5. The number of nitrogens with one attached hydrogen (secondary N) is 2. The highest BCUT2D eigenvalue weighted by Gasteiger charge is 2.17. The fourth-order valence-electron chi connectivity index (χ4n) is 4.50. The van der Waals surface area contributed by atoms with E-state index in [1.54, 1.807) is 20.3 Å². The molecule has 0 atom stereocenters. The average molecular weight is 570 g/mol. The van der Waals surface area contributed by atoms with E-state index in [1.165, 1.54) is 5.57 Å². The number of hydrogen-bond donors (Lipinski definition) is 2. The van der Waals surface area contributed by atoms with E-state index in [-0.39, 0.29) is 5.91 Å². The lowest BCUT2D eigenvalue weighted by Crippen LogP contribution is -2.25. The zero-order chi connectivity index (χ0) is 30.3. The Morgan fingerprint density at radius 1 is 1.10 bits per heavy atom. The van der Waals surface area contributed by atoms with Gasteiger partial charge in [-0.2, -0.15) is 0 Å². The standard InChI is InChI=1S/C34H43N5O3/c1-7-27(41-5)22-30(31(8-2)35-3)33(36-20-19-26-12-11-21-39(4)24-26)38-32-14-10-9-13-29(32)34(40)37-23-25-15-17-28(42-6)18-16-25/h9-18,21-22H,3,7-8,19-20,23-24H2,1-2,4-6H3,(H,36,38)(H,37,40)/b27-22+,31-30-. The summed E-state index contributed by atoms with van der Waals surface area (Å²) in [5.74, 6) is 1.98. The van der Waals surface area contributed by atoms with E-state index in [9.17, 15) is 4.79 Å². The SMILES string of the molecule is C=N/C(CC)=C(/C=C(\CC)OC)C(=NCCC1=CC=CN(C)C1)Nc1ccccc1C(=O)NCc1ccc(OC)cc1. The molecule has 1 aliphatic rings. The quantitative estimate of drug-likeness (QED) is 0.117. The van der Waals surface area contributed by atoms with Crippen LogP contribution < -0.4 is 15.4 Å². The predicted octanol–water partition coefficient (Wildman–Crippen LogP) is 6.52. The summed E-state index contributed by atoms with van der Waals surface area (Å²) in [6, 6.07) is 15.1. The number of ether oxygens (including phenoxy) is 2. The van der Waals surface area contributed by atoms with Crippen molar-refractivity contribution in [3.05, 3.63) is 107 Å². The predicted molar refractivity (Wildman–Crippen MR) is 173 cm³/mol. The number of carbonyl (C=O) groups excluding carboxylic acids is 1. The lowest BCUT2D eigenvalue weighted by molar-refractivity contribution is 0.0951. The molecule has 0 unspecified atom stereocenters. The molecule has 42 heavy (non-hydrogen) atoms. The number of rotatable bonds is 14. The second kappa shape index (κ2) is 16.6. The first-order valence-electron chi connectivity index (χ1n) is 14.2. The molecule has 0 aliphatic carbocycles. The van der Waals surface area contributed by atoms with Crippen LogP contribution in [0.2, 0.25) is 0 Å². The molecule has 3 rings (SSSR count). The summed E-state index contributed by atoms with van der Waals surface area (Å²) in [5, 5.41) is 6.50. The summed E-state index contributed by atoms with van der Waals surface area (Å²) in [4.78, 5) is 24.9. The summed E-state index contributed by atoms with van der Waals surface area (Å²) in [5.41, 5.74) is 4.99. The normalized spacial score (nSPS) is 14.1. The molecule has 8 heteroatoms. The van der Waals surface area contributed by atoms with Crippen molar-refractivity contribution in [2.24, 2.45) is 9.98 Å². The van der Waals surface area contributed by atoms with Crippen molar-refractivity contribution in [3.63, 3.8) is 0 Å². The minimum absolute atomic E-state index is 0.194. The van der Waals surface area contributed by atoms with E-state index in [0.29, 0.717) is 43.0 Å². The van der Waals surface area contributed by atoms with Crippen LogP contribution in [-0.2, 0) is 11.3 Å². The first-order valence-corrected chi connectivity index (χ1v) is 14.2. The number of methoxy groups -OCH3 is 2. The minimum Gasteiger partial charge on any atom is -0.501 e. The van der Waals surface area contributed by atoms with Gasteiger partial charge in [0.05, 0.1) is 36.9 Å². The van der Waals surface area contributed by atoms with Crippen LogP contribution in [0.15, 0.2) is 106 Å². The van der Waals surface area contributed by atoms with E-state index >= 15 is 0 Å². The molecule has 222 valence electrons. The number of carbonyl (C=O) groups is 1. The van der Waals surface area contributed by atoms with Crippen LogP contribution in [0, 0.1) is 0 Å². The fourth-order valence-corrected chi connectivity index (χ4v) is 4.50. The number of benzene rings is 2.